The zero-order valence-corrected chi connectivity index (χ0v) is 12.9. The lowest BCUT2D eigenvalue weighted by molar-refractivity contribution is -0.122. The lowest BCUT2D eigenvalue weighted by atomic mass is 10.0. The molecule has 0 unspecified atom stereocenters. The molecule has 1 aromatic rings. The highest BCUT2D eigenvalue weighted by Crippen LogP contribution is 2.07. The van der Waals surface area contributed by atoms with Gasteiger partial charge in [-0.1, -0.05) is 25.5 Å². The summed E-state index contributed by atoms with van der Waals surface area (Å²) in [5, 5.41) is 13.9. The molecular weight excluding hydrogens is 282 g/mol. The summed E-state index contributed by atoms with van der Waals surface area (Å²) in [5.41, 5.74) is 1.40. The predicted molar refractivity (Wildman–Crippen MR) is 82.1 cm³/mol. The van der Waals surface area contributed by atoms with E-state index in [4.69, 9.17) is 10.00 Å². The minimum Gasteiger partial charge on any atom is -0.450 e. The summed E-state index contributed by atoms with van der Waals surface area (Å²) in [6, 6.07) is 8.20. The molecule has 0 aromatic heterocycles. The van der Waals surface area contributed by atoms with Gasteiger partial charge in [0.15, 0.2) is 0 Å². The van der Waals surface area contributed by atoms with Crippen molar-refractivity contribution in [2.45, 2.75) is 32.2 Å². The monoisotopic (exact) mass is 303 g/mol. The molecule has 0 fully saturated rings. The van der Waals surface area contributed by atoms with Crippen LogP contribution in [0.2, 0.25) is 0 Å². The molecule has 0 saturated heterocycles. The van der Waals surface area contributed by atoms with Crippen LogP contribution >= 0.6 is 0 Å². The number of hydrogen-bond donors (Lipinski definition) is 2. The Bertz CT molecular complexity index is 535. The number of nitriles is 1. The number of unbranched alkanes of at least 4 members (excludes halogenated alkanes) is 1. The number of likely N-dealkylation sites (N-methyl/N-ethyl adjacent to an activating group) is 1. The quantitative estimate of drug-likeness (QED) is 0.751. The number of rotatable bonds is 7. The molecule has 1 rings (SSSR count). The van der Waals surface area contributed by atoms with Gasteiger partial charge < -0.3 is 15.4 Å². The number of nitrogens with one attached hydrogen (secondary N) is 2. The average Bonchev–Trinajstić information content (AvgIpc) is 2.54. The van der Waals surface area contributed by atoms with Crippen molar-refractivity contribution in [2.75, 3.05) is 13.7 Å². The van der Waals surface area contributed by atoms with E-state index in [1.165, 1.54) is 7.05 Å². The van der Waals surface area contributed by atoms with Gasteiger partial charge in [0.25, 0.3) is 0 Å². The Morgan fingerprint density at radius 2 is 2.00 bits per heavy atom. The van der Waals surface area contributed by atoms with E-state index in [2.05, 4.69) is 10.6 Å². The van der Waals surface area contributed by atoms with Gasteiger partial charge in [-0.15, -0.1) is 0 Å². The van der Waals surface area contributed by atoms with Crippen LogP contribution < -0.4 is 10.6 Å². The standard InChI is InChI=1S/C16H21N3O3/c1-3-4-9-22-16(21)19-14(15(20)18-2)10-12-5-7-13(11-17)8-6-12/h5-8,14H,3-4,9-10H2,1-2H3,(H,18,20)(H,19,21)/t14-/m0/s1. The van der Waals surface area contributed by atoms with Gasteiger partial charge >= 0.3 is 6.09 Å². The van der Waals surface area contributed by atoms with Crippen LogP contribution in [0.15, 0.2) is 24.3 Å². The van der Waals surface area contributed by atoms with Crippen molar-refractivity contribution >= 4 is 12.0 Å². The molecule has 0 aliphatic heterocycles. The van der Waals surface area contributed by atoms with Crippen LogP contribution in [0, 0.1) is 11.3 Å². The average molecular weight is 303 g/mol. The first kappa shape index (κ1) is 17.5. The molecule has 118 valence electrons. The Hall–Kier alpha value is -2.55. The van der Waals surface area contributed by atoms with Gasteiger partial charge in [-0.3, -0.25) is 4.79 Å². The molecule has 0 aliphatic rings. The summed E-state index contributed by atoms with van der Waals surface area (Å²) in [4.78, 5) is 23.6. The molecule has 1 aromatic carbocycles. The maximum absolute atomic E-state index is 11.9. The van der Waals surface area contributed by atoms with Crippen molar-refractivity contribution in [3.8, 4) is 6.07 Å². The fraction of sp³-hybridized carbons (Fsp3) is 0.438. The van der Waals surface area contributed by atoms with E-state index in [1.807, 2.05) is 13.0 Å². The molecule has 0 radical (unpaired) electrons. The number of hydrogen-bond acceptors (Lipinski definition) is 4. The molecule has 0 spiro atoms. The Morgan fingerprint density at radius 1 is 1.32 bits per heavy atom. The molecule has 6 nitrogen and oxygen atoms in total. The molecular formula is C16H21N3O3. The Kier molecular flexibility index (Phi) is 7.48. The first-order valence-electron chi connectivity index (χ1n) is 7.24. The fourth-order valence-electron chi connectivity index (χ4n) is 1.83. The van der Waals surface area contributed by atoms with Crippen molar-refractivity contribution in [2.24, 2.45) is 0 Å². The molecule has 0 aliphatic carbocycles. The third-order valence-corrected chi connectivity index (χ3v) is 3.11. The maximum atomic E-state index is 11.9. The first-order chi connectivity index (χ1) is 10.6. The van der Waals surface area contributed by atoms with Crippen molar-refractivity contribution in [1.29, 1.82) is 5.26 Å². The molecule has 2 N–H and O–H groups in total. The lowest BCUT2D eigenvalue weighted by Gasteiger charge is -2.17. The molecule has 0 heterocycles. The third kappa shape index (κ3) is 5.83. The molecule has 0 saturated carbocycles. The van der Waals surface area contributed by atoms with Crippen LogP contribution in [0.25, 0.3) is 0 Å². The van der Waals surface area contributed by atoms with Gasteiger partial charge in [0, 0.05) is 13.5 Å². The number of amides is 2. The van der Waals surface area contributed by atoms with Gasteiger partial charge in [0.2, 0.25) is 5.91 Å². The predicted octanol–water partition coefficient (Wildman–Crippen LogP) is 1.74. The molecule has 0 bridgehead atoms. The van der Waals surface area contributed by atoms with Crippen LogP contribution in [0.3, 0.4) is 0 Å². The zero-order chi connectivity index (χ0) is 16.4. The largest absolute Gasteiger partial charge is 0.450 e. The maximum Gasteiger partial charge on any atom is 0.407 e. The van der Waals surface area contributed by atoms with E-state index >= 15 is 0 Å². The topological polar surface area (TPSA) is 91.2 Å². The molecule has 6 heteroatoms. The van der Waals surface area contributed by atoms with Crippen LogP contribution in [0.1, 0.15) is 30.9 Å². The van der Waals surface area contributed by atoms with Crippen molar-refractivity contribution < 1.29 is 14.3 Å². The second-order valence-electron chi connectivity index (χ2n) is 4.81. The highest BCUT2D eigenvalue weighted by molar-refractivity contribution is 5.85. The van der Waals surface area contributed by atoms with Crippen molar-refractivity contribution in [3.63, 3.8) is 0 Å². The van der Waals surface area contributed by atoms with E-state index in [9.17, 15) is 9.59 Å². The number of nitrogens with zero attached hydrogens (tertiary/aromatic N) is 1. The Balaban J connectivity index is 2.65. The number of carbonyl (C=O) groups is 2. The van der Waals surface area contributed by atoms with E-state index < -0.39 is 12.1 Å². The zero-order valence-electron chi connectivity index (χ0n) is 12.9. The fourth-order valence-corrected chi connectivity index (χ4v) is 1.83. The van der Waals surface area contributed by atoms with Gasteiger partial charge in [0.1, 0.15) is 6.04 Å². The minimum absolute atomic E-state index is 0.295. The summed E-state index contributed by atoms with van der Waals surface area (Å²) in [5.74, 6) is -0.295. The Labute approximate surface area is 130 Å². The SMILES string of the molecule is CCCCOC(=O)N[C@@H](Cc1ccc(C#N)cc1)C(=O)NC. The third-order valence-electron chi connectivity index (χ3n) is 3.11. The van der Waals surface area contributed by atoms with Crippen molar-refractivity contribution in [3.05, 3.63) is 35.4 Å². The first-order valence-corrected chi connectivity index (χ1v) is 7.24. The van der Waals surface area contributed by atoms with Gasteiger partial charge in [-0.05, 0) is 24.1 Å². The summed E-state index contributed by atoms with van der Waals surface area (Å²) < 4.78 is 5.01. The second-order valence-corrected chi connectivity index (χ2v) is 4.81. The van der Waals surface area contributed by atoms with Crippen molar-refractivity contribution in [1.82, 2.24) is 10.6 Å². The van der Waals surface area contributed by atoms with E-state index in [-0.39, 0.29) is 5.91 Å². The lowest BCUT2D eigenvalue weighted by Crippen LogP contribution is -2.47. The van der Waals surface area contributed by atoms with Gasteiger partial charge in [-0.25, -0.2) is 4.79 Å². The van der Waals surface area contributed by atoms with E-state index in [0.717, 1.165) is 18.4 Å². The number of carbonyl (C=O) groups excluding carboxylic acids is 2. The summed E-state index contributed by atoms with van der Waals surface area (Å²) >= 11 is 0. The summed E-state index contributed by atoms with van der Waals surface area (Å²) in [6.45, 7) is 2.33. The second kappa shape index (κ2) is 9.40. The highest BCUT2D eigenvalue weighted by atomic mass is 16.5. The Morgan fingerprint density at radius 3 is 2.55 bits per heavy atom. The van der Waals surface area contributed by atoms with Gasteiger partial charge in [-0.2, -0.15) is 5.26 Å². The van der Waals surface area contributed by atoms with E-state index in [1.54, 1.807) is 24.3 Å². The molecule has 22 heavy (non-hydrogen) atoms. The smallest absolute Gasteiger partial charge is 0.407 e. The summed E-state index contributed by atoms with van der Waals surface area (Å²) in [6.07, 6.45) is 1.44. The molecule has 2 amide bonds. The van der Waals surface area contributed by atoms with E-state index in [0.29, 0.717) is 18.6 Å². The molecule has 1 atom stereocenters. The number of alkyl carbamates (subject to hydrolysis) is 1. The normalized spacial score (nSPS) is 11.1. The number of ether oxygens (including phenoxy) is 1. The minimum atomic E-state index is -0.716. The van der Waals surface area contributed by atoms with Crippen LogP contribution in [0.5, 0.6) is 0 Å². The van der Waals surface area contributed by atoms with Gasteiger partial charge in [0.05, 0.1) is 18.2 Å². The highest BCUT2D eigenvalue weighted by Gasteiger charge is 2.20. The van der Waals surface area contributed by atoms with Crippen LogP contribution in [0.4, 0.5) is 4.79 Å². The number of benzene rings is 1. The van der Waals surface area contributed by atoms with Crippen LogP contribution in [-0.4, -0.2) is 31.7 Å². The van der Waals surface area contributed by atoms with Crippen LogP contribution in [-0.2, 0) is 16.0 Å². The summed E-state index contributed by atoms with van der Waals surface area (Å²) in [7, 11) is 1.51.